The highest BCUT2D eigenvalue weighted by molar-refractivity contribution is 7.80. The zero-order valence-corrected chi connectivity index (χ0v) is 8.19. The predicted octanol–water partition coefficient (Wildman–Crippen LogP) is 1.33. The molecule has 5 N–H and O–H groups in total. The summed E-state index contributed by atoms with van der Waals surface area (Å²) < 4.78 is 0. The van der Waals surface area contributed by atoms with Gasteiger partial charge in [-0.05, 0) is 18.3 Å². The largest absolute Gasteiger partial charge is 0.375 e. The molecule has 1 aromatic heterocycles. The Balaban J connectivity index is 2.29. The number of benzene rings is 1. The zero-order chi connectivity index (χ0) is 9.97. The highest BCUT2D eigenvalue weighted by atomic mass is 32.1. The summed E-state index contributed by atoms with van der Waals surface area (Å²) in [6, 6.07) is 7.96. The molecule has 0 atom stereocenters. The lowest BCUT2D eigenvalue weighted by molar-refractivity contribution is 1.13. The van der Waals surface area contributed by atoms with E-state index < -0.39 is 0 Å². The lowest BCUT2D eigenvalue weighted by atomic mass is 10.2. The Morgan fingerprint density at radius 1 is 1.36 bits per heavy atom. The van der Waals surface area contributed by atoms with Crippen molar-refractivity contribution in [2.24, 2.45) is 5.73 Å². The van der Waals surface area contributed by atoms with Crippen LogP contribution in [0.1, 0.15) is 0 Å². The van der Waals surface area contributed by atoms with E-state index in [9.17, 15) is 0 Å². The van der Waals surface area contributed by atoms with Gasteiger partial charge in [-0.15, -0.1) is 0 Å². The van der Waals surface area contributed by atoms with Crippen LogP contribution >= 0.6 is 12.2 Å². The van der Waals surface area contributed by atoms with Crippen LogP contribution in [0.2, 0.25) is 0 Å². The summed E-state index contributed by atoms with van der Waals surface area (Å²) in [4.78, 5) is 3.13. The lowest BCUT2D eigenvalue weighted by Gasteiger charge is -2.05. The maximum Gasteiger partial charge on any atom is 0.182 e. The Kier molecular flexibility index (Phi) is 2.24. The average Bonchev–Trinajstić information content (AvgIpc) is 2.58. The minimum Gasteiger partial charge on any atom is -0.375 e. The number of nitrogens with one attached hydrogen (secondary N) is 3. The minimum atomic E-state index is 0.218. The standard InChI is InChI=1S/C9H10N4S/c10-9(14)13-12-8-5-11-7-4-2-1-3-6(7)8/h1-5,11-12H,(H3,10,13,14). The third kappa shape index (κ3) is 1.62. The number of rotatable bonds is 2. The second-order valence-corrected chi connectivity index (χ2v) is 3.30. The fourth-order valence-corrected chi connectivity index (χ4v) is 1.35. The highest BCUT2D eigenvalue weighted by Gasteiger charge is 2.00. The van der Waals surface area contributed by atoms with Crippen LogP contribution in [-0.4, -0.2) is 10.1 Å². The van der Waals surface area contributed by atoms with E-state index in [2.05, 4.69) is 28.1 Å². The summed E-state index contributed by atoms with van der Waals surface area (Å²) in [7, 11) is 0. The molecule has 0 saturated heterocycles. The van der Waals surface area contributed by atoms with Gasteiger partial charge in [-0.2, -0.15) is 0 Å². The van der Waals surface area contributed by atoms with Crippen molar-refractivity contribution in [1.82, 2.24) is 10.4 Å². The average molecular weight is 206 g/mol. The van der Waals surface area contributed by atoms with Crippen LogP contribution in [0, 0.1) is 0 Å². The first-order valence-corrected chi connectivity index (χ1v) is 4.56. The molecule has 0 amide bonds. The third-order valence-electron chi connectivity index (χ3n) is 1.91. The molecule has 14 heavy (non-hydrogen) atoms. The van der Waals surface area contributed by atoms with E-state index in [1.807, 2.05) is 30.5 Å². The van der Waals surface area contributed by atoms with Crippen molar-refractivity contribution in [3.8, 4) is 0 Å². The number of nitrogens with two attached hydrogens (primary N) is 1. The van der Waals surface area contributed by atoms with Gasteiger partial charge in [0.25, 0.3) is 0 Å². The SMILES string of the molecule is NC(=S)NNc1c[nH]c2ccccc12. The van der Waals surface area contributed by atoms with E-state index in [4.69, 9.17) is 5.73 Å². The summed E-state index contributed by atoms with van der Waals surface area (Å²) in [6.07, 6.45) is 1.86. The smallest absolute Gasteiger partial charge is 0.182 e. The molecule has 1 aromatic carbocycles. The van der Waals surface area contributed by atoms with Crippen LogP contribution in [0.15, 0.2) is 30.5 Å². The number of fused-ring (bicyclic) bond motifs is 1. The molecular formula is C9H10N4S. The maximum absolute atomic E-state index is 5.30. The minimum absolute atomic E-state index is 0.218. The van der Waals surface area contributed by atoms with Crippen LogP contribution in [-0.2, 0) is 0 Å². The lowest BCUT2D eigenvalue weighted by Crippen LogP contribution is -2.33. The summed E-state index contributed by atoms with van der Waals surface area (Å²) in [5.41, 5.74) is 12.9. The van der Waals surface area contributed by atoms with Gasteiger partial charge in [-0.3, -0.25) is 10.9 Å². The molecule has 72 valence electrons. The van der Waals surface area contributed by atoms with Crippen LogP contribution in [0.25, 0.3) is 10.9 Å². The van der Waals surface area contributed by atoms with E-state index in [-0.39, 0.29) is 5.11 Å². The van der Waals surface area contributed by atoms with E-state index in [1.54, 1.807) is 0 Å². The van der Waals surface area contributed by atoms with Gasteiger partial charge in [0.2, 0.25) is 0 Å². The summed E-state index contributed by atoms with van der Waals surface area (Å²) >= 11 is 4.69. The van der Waals surface area contributed by atoms with Crippen LogP contribution < -0.4 is 16.6 Å². The Hall–Kier alpha value is -1.75. The number of hydrogen-bond donors (Lipinski definition) is 4. The molecule has 2 aromatic rings. The van der Waals surface area contributed by atoms with Gasteiger partial charge in [0, 0.05) is 17.1 Å². The maximum atomic E-state index is 5.30. The van der Waals surface area contributed by atoms with E-state index in [1.165, 1.54) is 0 Å². The molecule has 1 heterocycles. The van der Waals surface area contributed by atoms with Gasteiger partial charge in [0.1, 0.15) is 0 Å². The molecule has 4 nitrogen and oxygen atoms in total. The third-order valence-corrected chi connectivity index (χ3v) is 2.01. The molecule has 5 heteroatoms. The van der Waals surface area contributed by atoms with E-state index in [0.717, 1.165) is 16.6 Å². The first-order valence-electron chi connectivity index (χ1n) is 4.15. The molecule has 2 rings (SSSR count). The number of anilines is 1. The summed E-state index contributed by atoms with van der Waals surface area (Å²) in [5, 5.41) is 1.31. The molecule has 0 unspecified atom stereocenters. The van der Waals surface area contributed by atoms with Gasteiger partial charge in [0.15, 0.2) is 5.11 Å². The topological polar surface area (TPSA) is 65.9 Å². The van der Waals surface area contributed by atoms with Crippen molar-refractivity contribution in [2.75, 3.05) is 5.43 Å². The van der Waals surface area contributed by atoms with Crippen LogP contribution in [0.3, 0.4) is 0 Å². The number of thiocarbonyl (C=S) groups is 1. The predicted molar refractivity (Wildman–Crippen MR) is 61.8 cm³/mol. The molecule has 0 radical (unpaired) electrons. The fourth-order valence-electron chi connectivity index (χ4n) is 1.30. The second kappa shape index (κ2) is 3.55. The van der Waals surface area contributed by atoms with Crippen molar-refractivity contribution in [3.05, 3.63) is 30.5 Å². The van der Waals surface area contributed by atoms with Crippen LogP contribution in [0.5, 0.6) is 0 Å². The molecule has 0 aliphatic rings. The number of hydrazine groups is 1. The van der Waals surface area contributed by atoms with E-state index >= 15 is 0 Å². The second-order valence-electron chi connectivity index (χ2n) is 2.86. The first-order chi connectivity index (χ1) is 6.77. The molecule has 0 aliphatic heterocycles. The molecule has 0 aliphatic carbocycles. The Morgan fingerprint density at radius 3 is 2.93 bits per heavy atom. The number of H-pyrrole nitrogens is 1. The Labute approximate surface area is 86.5 Å². The van der Waals surface area contributed by atoms with E-state index in [0.29, 0.717) is 0 Å². The van der Waals surface area contributed by atoms with Crippen molar-refractivity contribution >= 4 is 33.9 Å². The van der Waals surface area contributed by atoms with Gasteiger partial charge >= 0.3 is 0 Å². The van der Waals surface area contributed by atoms with Crippen molar-refractivity contribution < 1.29 is 0 Å². The van der Waals surface area contributed by atoms with Gasteiger partial charge in [-0.25, -0.2) is 0 Å². The zero-order valence-electron chi connectivity index (χ0n) is 7.37. The number of aromatic amines is 1. The Bertz CT molecular complexity index is 463. The van der Waals surface area contributed by atoms with Crippen LogP contribution in [0.4, 0.5) is 5.69 Å². The van der Waals surface area contributed by atoms with Crippen molar-refractivity contribution in [1.29, 1.82) is 0 Å². The molecule has 0 saturated carbocycles. The Morgan fingerprint density at radius 2 is 2.14 bits per heavy atom. The quantitative estimate of drug-likeness (QED) is 0.442. The highest BCUT2D eigenvalue weighted by Crippen LogP contribution is 2.21. The number of aromatic nitrogens is 1. The first kappa shape index (κ1) is 8.83. The van der Waals surface area contributed by atoms with Gasteiger partial charge in [-0.1, -0.05) is 18.2 Å². The van der Waals surface area contributed by atoms with Gasteiger partial charge < -0.3 is 10.7 Å². The van der Waals surface area contributed by atoms with Crippen molar-refractivity contribution in [3.63, 3.8) is 0 Å². The van der Waals surface area contributed by atoms with Gasteiger partial charge in [0.05, 0.1) is 5.69 Å². The summed E-state index contributed by atoms with van der Waals surface area (Å²) in [6.45, 7) is 0. The normalized spacial score (nSPS) is 10.0. The molecule has 0 fully saturated rings. The summed E-state index contributed by atoms with van der Waals surface area (Å²) in [5.74, 6) is 0. The fraction of sp³-hybridized carbons (Fsp3) is 0. The molecule has 0 bridgehead atoms. The van der Waals surface area contributed by atoms with Crippen molar-refractivity contribution in [2.45, 2.75) is 0 Å². The monoisotopic (exact) mass is 206 g/mol. The molecular weight excluding hydrogens is 196 g/mol. The number of para-hydroxylation sites is 1. The molecule has 0 spiro atoms. The number of hydrogen-bond acceptors (Lipinski definition) is 2.